The number of aryl methyl sites for hydroxylation is 1. The Bertz CT molecular complexity index is 639. The molecular weight excluding hydrogens is 305 g/mol. The fourth-order valence-electron chi connectivity index (χ4n) is 1.59. The Morgan fingerprint density at radius 2 is 2.17 bits per heavy atom. The van der Waals surface area contributed by atoms with Gasteiger partial charge in [-0.2, -0.15) is 5.10 Å². The molecule has 0 unspecified atom stereocenters. The number of nitrogens with zero attached hydrogens (tertiary/aromatic N) is 3. The van der Waals surface area contributed by atoms with Gasteiger partial charge in [-0.25, -0.2) is 18.9 Å². The molecule has 0 bridgehead atoms. The zero-order valence-corrected chi connectivity index (χ0v) is 11.2. The van der Waals surface area contributed by atoms with E-state index in [0.717, 1.165) is 16.7 Å². The van der Waals surface area contributed by atoms with Crippen molar-refractivity contribution < 1.29 is 14.3 Å². The molecule has 2 rings (SSSR count). The van der Waals surface area contributed by atoms with Crippen LogP contribution in [0.3, 0.4) is 0 Å². The Hall–Kier alpha value is -1.76. The second-order valence-electron chi connectivity index (χ2n) is 3.73. The normalized spacial score (nSPS) is 10.7. The van der Waals surface area contributed by atoms with Crippen molar-refractivity contribution in [3.63, 3.8) is 0 Å². The molecule has 7 heteroatoms. The van der Waals surface area contributed by atoms with Gasteiger partial charge in [0, 0.05) is 0 Å². The van der Waals surface area contributed by atoms with Gasteiger partial charge in [-0.1, -0.05) is 0 Å². The molecule has 2 heterocycles. The van der Waals surface area contributed by atoms with Crippen LogP contribution in [-0.2, 0) is 0 Å². The van der Waals surface area contributed by atoms with Crippen molar-refractivity contribution in [2.75, 3.05) is 0 Å². The number of carboxylic acid groups (broad SMARTS) is 1. The molecule has 0 aliphatic carbocycles. The van der Waals surface area contributed by atoms with Gasteiger partial charge in [0.05, 0.1) is 22.1 Å². The zero-order chi connectivity index (χ0) is 13.4. The smallest absolute Gasteiger partial charge is 0.339 e. The van der Waals surface area contributed by atoms with E-state index in [4.69, 9.17) is 5.11 Å². The summed E-state index contributed by atoms with van der Waals surface area (Å²) in [6.45, 7) is 3.54. The molecule has 0 aliphatic heterocycles. The lowest BCUT2D eigenvalue weighted by Crippen LogP contribution is -2.10. The first-order valence-electron chi connectivity index (χ1n) is 5.02. The highest BCUT2D eigenvalue weighted by atomic mass is 79.9. The van der Waals surface area contributed by atoms with Crippen molar-refractivity contribution in [3.05, 3.63) is 39.5 Å². The van der Waals surface area contributed by atoms with Crippen LogP contribution in [0, 0.1) is 19.7 Å². The average Bonchev–Trinajstić information content (AvgIpc) is 2.57. The van der Waals surface area contributed by atoms with Crippen LogP contribution in [-0.4, -0.2) is 25.8 Å². The third-order valence-corrected chi connectivity index (χ3v) is 3.61. The number of hydrogen-bond donors (Lipinski definition) is 1. The molecule has 0 fully saturated rings. The van der Waals surface area contributed by atoms with Crippen molar-refractivity contribution in [1.82, 2.24) is 14.8 Å². The van der Waals surface area contributed by atoms with E-state index in [9.17, 15) is 9.18 Å². The van der Waals surface area contributed by atoms with Crippen LogP contribution >= 0.6 is 15.9 Å². The highest BCUT2D eigenvalue weighted by Crippen LogP contribution is 2.23. The molecule has 18 heavy (non-hydrogen) atoms. The lowest BCUT2D eigenvalue weighted by molar-refractivity contribution is 0.0695. The second kappa shape index (κ2) is 4.49. The van der Waals surface area contributed by atoms with Crippen LogP contribution in [0.2, 0.25) is 0 Å². The summed E-state index contributed by atoms with van der Waals surface area (Å²) in [6, 6.07) is 0.926. The van der Waals surface area contributed by atoms with Gasteiger partial charge in [-0.05, 0) is 35.8 Å². The number of pyridine rings is 1. The summed E-state index contributed by atoms with van der Waals surface area (Å²) in [5.74, 6) is -1.85. The van der Waals surface area contributed by atoms with Crippen LogP contribution in [0.1, 0.15) is 21.7 Å². The quantitative estimate of drug-likeness (QED) is 0.925. The number of halogens is 2. The van der Waals surface area contributed by atoms with Crippen LogP contribution in [0.4, 0.5) is 4.39 Å². The lowest BCUT2D eigenvalue weighted by atomic mass is 10.2. The van der Waals surface area contributed by atoms with E-state index in [-0.39, 0.29) is 11.4 Å². The molecule has 5 nitrogen and oxygen atoms in total. The van der Waals surface area contributed by atoms with Crippen molar-refractivity contribution in [2.45, 2.75) is 13.8 Å². The molecule has 0 saturated carbocycles. The molecule has 2 aromatic rings. The van der Waals surface area contributed by atoms with Crippen molar-refractivity contribution in [2.24, 2.45) is 0 Å². The number of carbonyl (C=O) groups is 1. The van der Waals surface area contributed by atoms with Gasteiger partial charge in [-0.15, -0.1) is 0 Å². The third kappa shape index (κ3) is 2.01. The van der Waals surface area contributed by atoms with E-state index in [2.05, 4.69) is 26.0 Å². The number of rotatable bonds is 2. The largest absolute Gasteiger partial charge is 0.478 e. The van der Waals surface area contributed by atoms with Crippen LogP contribution in [0.25, 0.3) is 5.82 Å². The van der Waals surface area contributed by atoms with Gasteiger partial charge in [0.25, 0.3) is 0 Å². The molecule has 1 N–H and O–H groups in total. The van der Waals surface area contributed by atoms with Crippen molar-refractivity contribution in [1.29, 1.82) is 0 Å². The van der Waals surface area contributed by atoms with Gasteiger partial charge in [0.15, 0.2) is 5.82 Å². The Morgan fingerprint density at radius 3 is 2.67 bits per heavy atom. The molecular formula is C11H9BrFN3O2. The number of aromatic carboxylic acids is 1. The Balaban J connectivity index is 2.71. The van der Waals surface area contributed by atoms with Gasteiger partial charge in [0.1, 0.15) is 11.4 Å². The molecule has 0 aromatic carbocycles. The fourth-order valence-corrected chi connectivity index (χ4v) is 1.84. The molecule has 94 valence electrons. The van der Waals surface area contributed by atoms with E-state index in [1.807, 2.05) is 0 Å². The molecule has 0 amide bonds. The van der Waals surface area contributed by atoms with E-state index in [1.165, 1.54) is 4.68 Å². The summed E-state index contributed by atoms with van der Waals surface area (Å²) >= 11 is 3.34. The van der Waals surface area contributed by atoms with Crippen molar-refractivity contribution in [3.8, 4) is 5.82 Å². The van der Waals surface area contributed by atoms with Gasteiger partial charge in [-0.3, -0.25) is 0 Å². The van der Waals surface area contributed by atoms with E-state index < -0.39 is 11.8 Å². The summed E-state index contributed by atoms with van der Waals surface area (Å²) in [5, 5.41) is 13.2. The fraction of sp³-hybridized carbons (Fsp3) is 0.182. The van der Waals surface area contributed by atoms with Crippen LogP contribution in [0.15, 0.2) is 16.7 Å². The predicted octanol–water partition coefficient (Wildman–Crippen LogP) is 2.48. The van der Waals surface area contributed by atoms with Gasteiger partial charge in [0.2, 0.25) is 0 Å². The van der Waals surface area contributed by atoms with Gasteiger partial charge >= 0.3 is 5.97 Å². The number of carboxylic acids is 1. The van der Waals surface area contributed by atoms with E-state index in [0.29, 0.717) is 11.4 Å². The maximum Gasteiger partial charge on any atom is 0.339 e. The summed E-state index contributed by atoms with van der Waals surface area (Å²) < 4.78 is 15.2. The zero-order valence-electron chi connectivity index (χ0n) is 9.61. The molecule has 0 saturated heterocycles. The lowest BCUT2D eigenvalue weighted by Gasteiger charge is -2.06. The summed E-state index contributed by atoms with van der Waals surface area (Å²) in [6.07, 6.45) is 0.964. The maximum absolute atomic E-state index is 13.0. The minimum Gasteiger partial charge on any atom is -0.478 e. The predicted molar refractivity (Wildman–Crippen MR) is 65.5 cm³/mol. The Labute approximate surface area is 110 Å². The number of aromatic nitrogens is 3. The molecule has 0 spiro atoms. The van der Waals surface area contributed by atoms with Crippen LogP contribution in [0.5, 0.6) is 0 Å². The first-order chi connectivity index (χ1) is 8.41. The highest BCUT2D eigenvalue weighted by Gasteiger charge is 2.18. The molecule has 0 aliphatic rings. The van der Waals surface area contributed by atoms with Crippen molar-refractivity contribution >= 4 is 21.9 Å². The highest BCUT2D eigenvalue weighted by molar-refractivity contribution is 9.10. The van der Waals surface area contributed by atoms with Gasteiger partial charge < -0.3 is 5.11 Å². The minimum absolute atomic E-state index is 0.0928. The topological polar surface area (TPSA) is 68.0 Å². The summed E-state index contributed by atoms with van der Waals surface area (Å²) in [4.78, 5) is 14.9. The first kappa shape index (κ1) is 12.7. The maximum atomic E-state index is 13.0. The summed E-state index contributed by atoms with van der Waals surface area (Å²) in [5.41, 5.74) is 1.18. The molecule has 0 atom stereocenters. The first-order valence-corrected chi connectivity index (χ1v) is 5.82. The standard InChI is InChI=1S/C11H9BrFN3O2/c1-5-9(12)6(2)16(15-5)10-8(11(17)18)3-7(13)4-14-10/h3-4H,1-2H3,(H,17,18). The van der Waals surface area contributed by atoms with E-state index in [1.54, 1.807) is 13.8 Å². The third-order valence-electron chi connectivity index (χ3n) is 2.47. The SMILES string of the molecule is Cc1nn(-c2ncc(F)cc2C(=O)O)c(C)c1Br. The minimum atomic E-state index is -1.25. The average molecular weight is 314 g/mol. The van der Waals surface area contributed by atoms with E-state index >= 15 is 0 Å². The molecule has 0 radical (unpaired) electrons. The monoisotopic (exact) mass is 313 g/mol. The Kier molecular flexibility index (Phi) is 3.16. The molecule has 2 aromatic heterocycles. The van der Waals surface area contributed by atoms with Crippen LogP contribution < -0.4 is 0 Å². The summed E-state index contributed by atoms with van der Waals surface area (Å²) in [7, 11) is 0. The number of hydrogen-bond acceptors (Lipinski definition) is 3. The Morgan fingerprint density at radius 1 is 1.50 bits per heavy atom. The second-order valence-corrected chi connectivity index (χ2v) is 4.52.